The average molecular weight is 562 g/mol. The monoisotopic (exact) mass is 561 g/mol. The zero-order valence-corrected chi connectivity index (χ0v) is 23.4. The van der Waals surface area contributed by atoms with Gasteiger partial charge in [-0.1, -0.05) is 24.3 Å². The predicted molar refractivity (Wildman–Crippen MR) is 159 cm³/mol. The van der Waals surface area contributed by atoms with Crippen LogP contribution in [0.1, 0.15) is 10.4 Å². The molecule has 0 saturated heterocycles. The number of hydrogen-bond donors (Lipinski definition) is 0. The summed E-state index contributed by atoms with van der Waals surface area (Å²) in [6.07, 6.45) is 0. The van der Waals surface area contributed by atoms with E-state index in [4.69, 9.17) is 24.2 Å². The van der Waals surface area contributed by atoms with Gasteiger partial charge in [-0.15, -0.1) is 0 Å². The summed E-state index contributed by atoms with van der Waals surface area (Å²) < 4.78 is 17.2. The quantitative estimate of drug-likeness (QED) is 0.217. The fourth-order valence-corrected chi connectivity index (χ4v) is 4.39. The van der Waals surface area contributed by atoms with Gasteiger partial charge in [0.1, 0.15) is 46.4 Å². The second-order valence-electron chi connectivity index (χ2n) is 9.44. The smallest absolute Gasteiger partial charge is 0.338 e. The number of rotatable bonds is 1. The van der Waals surface area contributed by atoms with E-state index in [1.165, 1.54) is 7.11 Å². The molecule has 0 spiro atoms. The van der Waals surface area contributed by atoms with Gasteiger partial charge in [-0.25, -0.2) is 14.8 Å². The number of anilines is 6. The lowest BCUT2D eigenvalue weighted by Crippen LogP contribution is -2.18. The largest absolute Gasteiger partial charge is 0.465 e. The van der Waals surface area contributed by atoms with Gasteiger partial charge in [-0.05, 0) is 48.5 Å². The number of aromatic nitrogens is 4. The second kappa shape index (κ2) is 11.0. The van der Waals surface area contributed by atoms with Crippen LogP contribution in [-0.2, 0) is 4.74 Å². The van der Waals surface area contributed by atoms with Crippen molar-refractivity contribution in [2.45, 2.75) is 0 Å². The van der Waals surface area contributed by atoms with E-state index in [1.807, 2.05) is 96.5 Å². The maximum Gasteiger partial charge on any atom is 0.338 e. The summed E-state index contributed by atoms with van der Waals surface area (Å²) >= 11 is 0. The molecule has 0 radical (unpaired) electrons. The van der Waals surface area contributed by atoms with E-state index in [0.29, 0.717) is 58.2 Å². The number of ether oxygens (including phenoxy) is 3. The van der Waals surface area contributed by atoms with Gasteiger partial charge in [-0.2, -0.15) is 9.97 Å². The number of esters is 1. The van der Waals surface area contributed by atoms with Gasteiger partial charge in [0, 0.05) is 39.3 Å². The Morgan fingerprint density at radius 1 is 0.571 bits per heavy atom. The van der Waals surface area contributed by atoms with Crippen molar-refractivity contribution >= 4 is 40.9 Å². The summed E-state index contributed by atoms with van der Waals surface area (Å²) in [6.45, 7) is 0. The number of benzene rings is 1. The van der Waals surface area contributed by atoms with E-state index >= 15 is 0 Å². The van der Waals surface area contributed by atoms with Crippen LogP contribution >= 0.6 is 0 Å². The molecule has 1 aliphatic heterocycles. The van der Waals surface area contributed by atoms with E-state index in [-0.39, 0.29) is 5.56 Å². The molecular formula is C31H27N7O4. The first-order chi connectivity index (χ1) is 20.4. The van der Waals surface area contributed by atoms with Crippen LogP contribution in [-0.4, -0.2) is 54.2 Å². The van der Waals surface area contributed by atoms with Crippen molar-refractivity contribution in [2.75, 3.05) is 43.0 Å². The molecule has 0 aliphatic carbocycles. The molecule has 0 N–H and O–H groups in total. The summed E-state index contributed by atoms with van der Waals surface area (Å²) in [5, 5.41) is 0. The standard InChI is InChI=1S/C31H27N7O4/c1-36-23-9-5-11-25(32-23)37(2)27-13-7-15-29(34-27)41-21-17-20(31(39)40-4)18-22(19-21)42-30-16-8-14-28(35-30)38(3)26-12-6-10-24(36)33-26/h5-19H,1-4H3. The third kappa shape index (κ3) is 5.35. The van der Waals surface area contributed by atoms with Gasteiger partial charge in [0.15, 0.2) is 0 Å². The Balaban J connectivity index is 1.50. The lowest BCUT2D eigenvalue weighted by atomic mass is 10.2. The Bertz CT molecular complexity index is 1660. The topological polar surface area (TPSA) is 106 Å². The molecule has 0 atom stereocenters. The number of carbonyl (C=O) groups excluding carboxylic acids is 1. The molecule has 4 aromatic heterocycles. The first-order valence-electron chi connectivity index (χ1n) is 13.1. The number of carbonyl (C=O) groups is 1. The lowest BCUT2D eigenvalue weighted by Gasteiger charge is -2.23. The summed E-state index contributed by atoms with van der Waals surface area (Å²) in [7, 11) is 6.99. The predicted octanol–water partition coefficient (Wildman–Crippen LogP) is 6.25. The molecule has 0 amide bonds. The Kier molecular flexibility index (Phi) is 6.97. The minimum absolute atomic E-state index is 0.250. The Labute approximate surface area is 242 Å². The van der Waals surface area contributed by atoms with E-state index in [0.717, 1.165) is 0 Å². The molecule has 0 saturated carbocycles. The molecule has 11 nitrogen and oxygen atoms in total. The summed E-state index contributed by atoms with van der Waals surface area (Å²) in [5.41, 5.74) is 0.250. The highest BCUT2D eigenvalue weighted by Crippen LogP contribution is 2.33. The van der Waals surface area contributed by atoms with Crippen LogP contribution < -0.4 is 24.2 Å². The van der Waals surface area contributed by atoms with Crippen LogP contribution in [0, 0.1) is 0 Å². The van der Waals surface area contributed by atoms with Gasteiger partial charge < -0.3 is 28.9 Å². The first-order valence-corrected chi connectivity index (χ1v) is 13.1. The minimum atomic E-state index is -0.537. The summed E-state index contributed by atoms with van der Waals surface area (Å²) in [6, 6.07) is 27.1. The van der Waals surface area contributed by atoms with Crippen molar-refractivity contribution in [3.8, 4) is 23.3 Å². The molecule has 5 heterocycles. The molecule has 6 rings (SSSR count). The second-order valence-corrected chi connectivity index (χ2v) is 9.44. The minimum Gasteiger partial charge on any atom is -0.465 e. The van der Waals surface area contributed by atoms with Gasteiger partial charge in [0.2, 0.25) is 11.8 Å². The highest BCUT2D eigenvalue weighted by Gasteiger charge is 2.17. The Hall–Kier alpha value is -5.71. The van der Waals surface area contributed by atoms with Crippen LogP contribution in [0.5, 0.6) is 23.3 Å². The molecular weight excluding hydrogens is 534 g/mol. The van der Waals surface area contributed by atoms with Crippen molar-refractivity contribution in [3.63, 3.8) is 0 Å². The van der Waals surface area contributed by atoms with Crippen molar-refractivity contribution in [2.24, 2.45) is 0 Å². The molecule has 1 aliphatic rings. The van der Waals surface area contributed by atoms with E-state index in [9.17, 15) is 4.79 Å². The maximum atomic E-state index is 12.5. The van der Waals surface area contributed by atoms with Crippen molar-refractivity contribution in [1.29, 1.82) is 0 Å². The van der Waals surface area contributed by atoms with E-state index in [1.54, 1.807) is 30.3 Å². The number of methoxy groups -OCH3 is 1. The third-order valence-electron chi connectivity index (χ3n) is 6.66. The van der Waals surface area contributed by atoms with E-state index < -0.39 is 5.97 Å². The number of pyridine rings is 4. The molecule has 5 aromatic rings. The van der Waals surface area contributed by atoms with Crippen LogP contribution in [0.15, 0.2) is 91.0 Å². The van der Waals surface area contributed by atoms with Gasteiger partial charge in [0.05, 0.1) is 12.7 Å². The first kappa shape index (κ1) is 26.5. The summed E-state index contributed by atoms with van der Waals surface area (Å²) in [5.74, 6) is 4.75. The molecule has 0 fully saturated rings. The SMILES string of the molecule is COC(=O)c1cc2cc(c1)Oc1cccc(n1)N(C)c1cccc(n1)N(C)c1cccc(n1)N(C)c1cccc(n1)O2. The average Bonchev–Trinajstić information content (AvgIpc) is 3.03. The summed E-state index contributed by atoms with van der Waals surface area (Å²) in [4.78, 5) is 37.2. The van der Waals surface area contributed by atoms with Gasteiger partial charge in [-0.3, -0.25) is 0 Å². The van der Waals surface area contributed by atoms with Gasteiger partial charge in [0.25, 0.3) is 0 Å². The van der Waals surface area contributed by atoms with Gasteiger partial charge >= 0.3 is 5.97 Å². The maximum absolute atomic E-state index is 12.5. The van der Waals surface area contributed by atoms with Crippen LogP contribution in [0.4, 0.5) is 34.9 Å². The Morgan fingerprint density at radius 2 is 0.929 bits per heavy atom. The van der Waals surface area contributed by atoms with Crippen LogP contribution in [0.25, 0.3) is 0 Å². The highest BCUT2D eigenvalue weighted by molar-refractivity contribution is 5.90. The molecule has 210 valence electrons. The van der Waals surface area contributed by atoms with Crippen LogP contribution in [0.3, 0.4) is 0 Å². The van der Waals surface area contributed by atoms with Crippen molar-refractivity contribution in [1.82, 2.24) is 19.9 Å². The molecule has 42 heavy (non-hydrogen) atoms. The number of nitrogens with zero attached hydrogens (tertiary/aromatic N) is 7. The normalized spacial score (nSPS) is 12.6. The molecule has 0 unspecified atom stereocenters. The number of fused-ring (bicyclic) bond motifs is 10. The fraction of sp³-hybridized carbons (Fsp3) is 0.129. The zero-order chi connectivity index (χ0) is 29.2. The highest BCUT2D eigenvalue weighted by atomic mass is 16.5. The molecule has 11 heteroatoms. The van der Waals surface area contributed by atoms with Crippen molar-refractivity contribution in [3.05, 3.63) is 96.6 Å². The zero-order valence-electron chi connectivity index (χ0n) is 23.4. The van der Waals surface area contributed by atoms with E-state index in [2.05, 4.69) is 9.97 Å². The molecule has 10 bridgehead atoms. The number of hydrogen-bond acceptors (Lipinski definition) is 11. The third-order valence-corrected chi connectivity index (χ3v) is 6.66. The lowest BCUT2D eigenvalue weighted by molar-refractivity contribution is 0.0600. The van der Waals surface area contributed by atoms with Crippen molar-refractivity contribution < 1.29 is 19.0 Å². The Morgan fingerprint density at radius 3 is 1.31 bits per heavy atom. The fourth-order valence-electron chi connectivity index (χ4n) is 4.39. The molecule has 1 aromatic carbocycles. The van der Waals surface area contributed by atoms with Crippen LogP contribution in [0.2, 0.25) is 0 Å².